The fourth-order valence-corrected chi connectivity index (χ4v) is 10.7. The van der Waals surface area contributed by atoms with Gasteiger partial charge in [0, 0.05) is 86.8 Å². The molecular formula is C59H62N4O9. The van der Waals surface area contributed by atoms with Gasteiger partial charge in [0.2, 0.25) is 5.75 Å². The van der Waals surface area contributed by atoms with Crippen LogP contribution >= 0.6 is 0 Å². The number of carbonyl (C=O) groups is 3. The largest absolute Gasteiger partial charge is 0.508 e. The van der Waals surface area contributed by atoms with Gasteiger partial charge in [-0.1, -0.05) is 67.6 Å². The van der Waals surface area contributed by atoms with Crippen molar-refractivity contribution < 1.29 is 43.9 Å². The number of hydrogen-bond donors (Lipinski definition) is 5. The predicted molar refractivity (Wildman–Crippen MR) is 278 cm³/mol. The van der Waals surface area contributed by atoms with E-state index in [1.165, 1.54) is 26.2 Å². The third-order valence-electron chi connectivity index (χ3n) is 14.5. The van der Waals surface area contributed by atoms with Crippen molar-refractivity contribution >= 4 is 34.0 Å². The molecule has 0 saturated heterocycles. The lowest BCUT2D eigenvalue weighted by molar-refractivity contribution is -0.148. The van der Waals surface area contributed by atoms with Crippen LogP contribution in [0.5, 0.6) is 34.5 Å². The van der Waals surface area contributed by atoms with Crippen molar-refractivity contribution in [3.63, 3.8) is 0 Å². The van der Waals surface area contributed by atoms with Crippen molar-refractivity contribution in [3.8, 4) is 34.5 Å². The van der Waals surface area contributed by atoms with Crippen LogP contribution in [0, 0.1) is 11.3 Å². The maximum atomic E-state index is 14.8. The molecule has 1 spiro atoms. The van der Waals surface area contributed by atoms with Crippen LogP contribution in [0.15, 0.2) is 152 Å². The third-order valence-corrected chi connectivity index (χ3v) is 14.5. The van der Waals surface area contributed by atoms with E-state index in [1.807, 2.05) is 47.3 Å². The Labute approximate surface area is 419 Å². The number of ether oxygens (including phenoxy) is 3. The number of esters is 1. The number of nitrogens with zero attached hydrogens (tertiary/aromatic N) is 2. The lowest BCUT2D eigenvalue weighted by Gasteiger charge is -2.38. The highest BCUT2D eigenvalue weighted by atomic mass is 16.5. The molecule has 0 fully saturated rings. The number of nitrogens with one attached hydrogen (secondary N) is 2. The summed E-state index contributed by atoms with van der Waals surface area (Å²) in [6.07, 6.45) is 22.9. The molecule has 5 N–H and O–H groups in total. The second-order valence-corrected chi connectivity index (χ2v) is 19.4. The molecule has 13 heteroatoms. The van der Waals surface area contributed by atoms with Crippen LogP contribution in [0.25, 0.3) is 10.8 Å². The standard InChI is InChI=1S/C59H62N4O9/c1-37-10-5-6-20-59(37)21-17-50(71-39(3)65)30-48(68)31-54(43-26-55(69)58(56(27-43)70-4)72-49-15-9-14-47(67)29-49)62-35-42-12-8-16-53(52(42)36-62)63(23-19-38(2)64)57-28-41(18-22-61-57)51(40-11-7-13-46(66)24-40)25-44-33-60-34-45(44)32-59/h5-16,18,20,24,26-29,33-37,50-51,54,60-61,66-67,69H,17,19,21-23,25,30-32H2,1-4H3. The lowest BCUT2D eigenvalue weighted by Crippen LogP contribution is -2.35. The number of allylic oxidation sites excluding steroid dienone is 6. The average Bonchev–Trinajstić information content (AvgIpc) is 3.99. The summed E-state index contributed by atoms with van der Waals surface area (Å²) in [4.78, 5) is 46.0. The van der Waals surface area contributed by atoms with Crippen LogP contribution in [0.2, 0.25) is 0 Å². The molecule has 4 bridgehead atoms. The van der Waals surface area contributed by atoms with Gasteiger partial charge in [0.1, 0.15) is 40.7 Å². The smallest absolute Gasteiger partial charge is 0.302 e. The second kappa shape index (κ2) is 21.2. The first-order chi connectivity index (χ1) is 34.7. The van der Waals surface area contributed by atoms with Crippen LogP contribution in [0.4, 0.5) is 5.69 Å². The molecule has 372 valence electrons. The van der Waals surface area contributed by atoms with E-state index in [4.69, 9.17) is 14.2 Å². The summed E-state index contributed by atoms with van der Waals surface area (Å²) in [7, 11) is 1.47. The van der Waals surface area contributed by atoms with E-state index < -0.39 is 18.1 Å². The van der Waals surface area contributed by atoms with Gasteiger partial charge in [-0.3, -0.25) is 14.4 Å². The van der Waals surface area contributed by atoms with Crippen LogP contribution in [-0.2, 0) is 32.0 Å². The first kappa shape index (κ1) is 49.1. The van der Waals surface area contributed by atoms with Crippen LogP contribution in [-0.4, -0.2) is 68.7 Å². The molecular weight excluding hydrogens is 909 g/mol. The van der Waals surface area contributed by atoms with Crippen molar-refractivity contribution in [2.75, 3.05) is 25.1 Å². The molecule has 9 rings (SSSR count). The molecule has 5 atom stereocenters. The minimum Gasteiger partial charge on any atom is -0.508 e. The Morgan fingerprint density at radius 2 is 1.67 bits per heavy atom. The van der Waals surface area contributed by atoms with Gasteiger partial charge in [0.25, 0.3) is 0 Å². The molecule has 13 nitrogen and oxygen atoms in total. The van der Waals surface area contributed by atoms with E-state index in [2.05, 4.69) is 77.0 Å². The zero-order chi connectivity index (χ0) is 50.5. The van der Waals surface area contributed by atoms with Crippen molar-refractivity contribution in [1.29, 1.82) is 0 Å². The van der Waals surface area contributed by atoms with E-state index in [0.29, 0.717) is 44.3 Å². The Morgan fingerprint density at radius 3 is 2.43 bits per heavy atom. The normalized spacial score (nSPS) is 21.6. The molecule has 0 radical (unpaired) electrons. The van der Waals surface area contributed by atoms with E-state index in [9.17, 15) is 29.7 Å². The Balaban J connectivity index is 1.21. The number of benzene rings is 4. The number of dihydropyridines is 1. The van der Waals surface area contributed by atoms with Gasteiger partial charge in [-0.05, 0) is 120 Å². The monoisotopic (exact) mass is 970 g/mol. The number of H-pyrrole nitrogens is 1. The summed E-state index contributed by atoms with van der Waals surface area (Å²) in [5.41, 5.74) is 5.31. The van der Waals surface area contributed by atoms with Gasteiger partial charge < -0.3 is 49.3 Å². The highest BCUT2D eigenvalue weighted by molar-refractivity contribution is 5.95. The SMILES string of the molecule is COc1cc(C2CC(=O)CC(OC(C)=O)CCC3(C=CC=CC3C)Cc3c[nH]cc3CC(c3cccc(O)c3)C3=CCNC(=C3)N(CCC(C)=O)c3cccc4cn2cc34)cc(O)c1Oc1cccc(O)c1. The number of rotatable bonds is 9. The number of aromatic amines is 1. The second-order valence-electron chi connectivity index (χ2n) is 19.4. The van der Waals surface area contributed by atoms with Crippen molar-refractivity contribution in [3.05, 3.63) is 174 Å². The van der Waals surface area contributed by atoms with E-state index >= 15 is 0 Å². The number of fused-ring (bicyclic) bond motifs is 3. The Bertz CT molecular complexity index is 3120. The maximum absolute atomic E-state index is 14.8. The van der Waals surface area contributed by atoms with E-state index in [1.54, 1.807) is 37.3 Å². The Kier molecular flexibility index (Phi) is 14.4. The summed E-state index contributed by atoms with van der Waals surface area (Å²) in [6.45, 7) is 6.06. The summed E-state index contributed by atoms with van der Waals surface area (Å²) in [6, 6.07) is 22.3. The maximum Gasteiger partial charge on any atom is 0.302 e. The molecule has 4 aromatic carbocycles. The zero-order valence-electron chi connectivity index (χ0n) is 41.1. The molecule has 0 saturated carbocycles. The summed E-state index contributed by atoms with van der Waals surface area (Å²) in [5, 5.41) is 38.1. The number of Topliss-reactive ketones (excluding diaryl/α,β-unsaturated/α-hetero) is 2. The van der Waals surface area contributed by atoms with E-state index in [-0.39, 0.29) is 82.6 Å². The fourth-order valence-electron chi connectivity index (χ4n) is 10.7. The van der Waals surface area contributed by atoms with Gasteiger partial charge in [-0.15, -0.1) is 0 Å². The molecule has 4 heterocycles. The highest BCUT2D eigenvalue weighted by Gasteiger charge is 2.37. The number of anilines is 1. The molecule has 3 aliphatic rings. The molecule has 1 aliphatic carbocycles. The quantitative estimate of drug-likeness (QED) is 0.0872. The number of aromatic hydroxyl groups is 3. The first-order valence-corrected chi connectivity index (χ1v) is 24.6. The fraction of sp³-hybridized carbons (Fsp3) is 0.305. The molecule has 0 amide bonds. The predicted octanol–water partition coefficient (Wildman–Crippen LogP) is 11.0. The van der Waals surface area contributed by atoms with E-state index in [0.717, 1.165) is 44.5 Å². The van der Waals surface area contributed by atoms with Crippen LogP contribution in [0.1, 0.15) is 87.1 Å². The first-order valence-electron chi connectivity index (χ1n) is 24.6. The number of phenols is 3. The number of methoxy groups -OCH3 is 1. The third kappa shape index (κ3) is 10.8. The number of ketones is 2. The molecule has 72 heavy (non-hydrogen) atoms. The van der Waals surface area contributed by atoms with Crippen molar-refractivity contribution in [2.45, 2.75) is 83.8 Å². The van der Waals surface area contributed by atoms with Crippen molar-refractivity contribution in [1.82, 2.24) is 14.9 Å². The van der Waals surface area contributed by atoms with Gasteiger partial charge in [-0.2, -0.15) is 0 Å². The molecule has 6 aromatic rings. The molecule has 2 aliphatic heterocycles. The van der Waals surface area contributed by atoms with Gasteiger partial charge in [0.05, 0.1) is 18.8 Å². The minimum atomic E-state index is -0.716. The number of phenolic OH excluding ortho intramolecular Hbond substituents is 3. The topological polar surface area (TPSA) is 176 Å². The Hall–Kier alpha value is -7.93. The van der Waals surface area contributed by atoms with Crippen molar-refractivity contribution in [2.24, 2.45) is 11.3 Å². The number of aromatic nitrogens is 2. The lowest BCUT2D eigenvalue weighted by atomic mass is 9.66. The van der Waals surface area contributed by atoms with Gasteiger partial charge in [-0.25, -0.2) is 0 Å². The van der Waals surface area contributed by atoms with Gasteiger partial charge in [0.15, 0.2) is 11.5 Å². The zero-order valence-corrected chi connectivity index (χ0v) is 41.1. The number of hydrogen-bond acceptors (Lipinski definition) is 11. The number of carbonyl (C=O) groups excluding carboxylic acids is 3. The summed E-state index contributed by atoms with van der Waals surface area (Å²) < 4.78 is 19.9. The molecule has 5 unspecified atom stereocenters. The van der Waals surface area contributed by atoms with Crippen LogP contribution < -0.4 is 19.7 Å². The molecule has 2 aromatic heterocycles. The summed E-state index contributed by atoms with van der Waals surface area (Å²) in [5.74, 6) is 0.625. The van der Waals surface area contributed by atoms with Gasteiger partial charge >= 0.3 is 5.97 Å². The van der Waals surface area contributed by atoms with Crippen LogP contribution in [0.3, 0.4) is 0 Å². The Morgan fingerprint density at radius 1 is 0.875 bits per heavy atom. The highest BCUT2D eigenvalue weighted by Crippen LogP contribution is 2.46. The minimum absolute atomic E-state index is 0.0117. The average molecular weight is 971 g/mol. The summed E-state index contributed by atoms with van der Waals surface area (Å²) >= 11 is 0.